The standard InChI is InChI=1S/C13H23NOS/c1-4-13(3,11-15)10-14(5-2)9-12-7-6-8-16-12/h6-8,15H,4-5,9-11H2,1-3H3. The first-order valence-corrected chi connectivity index (χ1v) is 6.87. The number of nitrogens with zero attached hydrogens (tertiary/aromatic N) is 1. The molecule has 0 fully saturated rings. The highest BCUT2D eigenvalue weighted by atomic mass is 32.1. The fraction of sp³-hybridized carbons (Fsp3) is 0.692. The molecule has 0 radical (unpaired) electrons. The number of hydrogen-bond donors (Lipinski definition) is 1. The molecule has 0 aliphatic carbocycles. The van der Waals surface area contributed by atoms with Gasteiger partial charge in [0.05, 0.1) is 0 Å². The maximum Gasteiger partial charge on any atom is 0.0496 e. The summed E-state index contributed by atoms with van der Waals surface area (Å²) in [7, 11) is 0. The first-order chi connectivity index (χ1) is 7.63. The maximum absolute atomic E-state index is 9.43. The molecule has 0 aliphatic rings. The number of thiophene rings is 1. The maximum atomic E-state index is 9.43. The van der Waals surface area contributed by atoms with Crippen molar-refractivity contribution in [2.75, 3.05) is 19.7 Å². The summed E-state index contributed by atoms with van der Waals surface area (Å²) in [5.74, 6) is 0. The van der Waals surface area contributed by atoms with Crippen molar-refractivity contribution in [2.24, 2.45) is 5.41 Å². The SMILES string of the molecule is CCN(Cc1cccs1)CC(C)(CC)CO. The van der Waals surface area contributed by atoms with Crippen LogP contribution >= 0.6 is 11.3 Å². The van der Waals surface area contributed by atoms with Crippen LogP contribution < -0.4 is 0 Å². The molecule has 0 saturated heterocycles. The topological polar surface area (TPSA) is 23.5 Å². The third-order valence-electron chi connectivity index (χ3n) is 3.25. The Labute approximate surface area is 103 Å². The van der Waals surface area contributed by atoms with Gasteiger partial charge >= 0.3 is 0 Å². The third-order valence-corrected chi connectivity index (χ3v) is 4.11. The Morgan fingerprint density at radius 1 is 1.44 bits per heavy atom. The van der Waals surface area contributed by atoms with E-state index in [1.165, 1.54) is 4.88 Å². The molecule has 3 heteroatoms. The van der Waals surface area contributed by atoms with Crippen molar-refractivity contribution in [2.45, 2.75) is 33.7 Å². The van der Waals surface area contributed by atoms with Crippen LogP contribution in [0.2, 0.25) is 0 Å². The summed E-state index contributed by atoms with van der Waals surface area (Å²) in [4.78, 5) is 3.81. The van der Waals surface area contributed by atoms with Gasteiger partial charge in [0.1, 0.15) is 0 Å². The molecular weight excluding hydrogens is 218 g/mol. The minimum atomic E-state index is 0.0350. The lowest BCUT2D eigenvalue weighted by molar-refractivity contribution is 0.0841. The Hall–Kier alpha value is -0.380. The van der Waals surface area contributed by atoms with Gasteiger partial charge in [-0.2, -0.15) is 0 Å². The lowest BCUT2D eigenvalue weighted by atomic mass is 9.88. The lowest BCUT2D eigenvalue weighted by Gasteiger charge is -2.32. The summed E-state index contributed by atoms with van der Waals surface area (Å²) in [5, 5.41) is 11.6. The molecule has 0 spiro atoms. The highest BCUT2D eigenvalue weighted by Crippen LogP contribution is 2.23. The molecule has 0 amide bonds. The van der Waals surface area contributed by atoms with E-state index in [9.17, 15) is 5.11 Å². The average Bonchev–Trinajstić information content (AvgIpc) is 2.80. The summed E-state index contributed by atoms with van der Waals surface area (Å²) >= 11 is 1.80. The Morgan fingerprint density at radius 3 is 2.62 bits per heavy atom. The molecule has 1 heterocycles. The van der Waals surface area contributed by atoms with Gasteiger partial charge in [-0.3, -0.25) is 4.90 Å². The van der Waals surface area contributed by atoms with Gasteiger partial charge in [0, 0.05) is 30.0 Å². The fourth-order valence-corrected chi connectivity index (χ4v) is 2.46. The predicted molar refractivity (Wildman–Crippen MR) is 70.8 cm³/mol. The molecule has 16 heavy (non-hydrogen) atoms. The van der Waals surface area contributed by atoms with Gasteiger partial charge < -0.3 is 5.11 Å². The first kappa shape index (κ1) is 13.7. The van der Waals surface area contributed by atoms with Crippen molar-refractivity contribution in [1.29, 1.82) is 0 Å². The molecule has 1 unspecified atom stereocenters. The van der Waals surface area contributed by atoms with E-state index in [0.717, 1.165) is 26.1 Å². The van der Waals surface area contributed by atoms with Gasteiger partial charge in [0.2, 0.25) is 0 Å². The van der Waals surface area contributed by atoms with Crippen molar-refractivity contribution >= 4 is 11.3 Å². The van der Waals surface area contributed by atoms with E-state index in [0.29, 0.717) is 0 Å². The molecule has 1 aromatic rings. The Balaban J connectivity index is 2.55. The summed E-state index contributed by atoms with van der Waals surface area (Å²) in [6.45, 7) is 9.76. The molecule has 0 aliphatic heterocycles. The zero-order valence-electron chi connectivity index (χ0n) is 10.6. The van der Waals surface area contributed by atoms with Crippen LogP contribution in [-0.2, 0) is 6.54 Å². The smallest absolute Gasteiger partial charge is 0.0496 e. The zero-order valence-corrected chi connectivity index (χ0v) is 11.4. The van der Waals surface area contributed by atoms with Crippen LogP contribution in [0.25, 0.3) is 0 Å². The molecule has 1 atom stereocenters. The predicted octanol–water partition coefficient (Wildman–Crippen LogP) is 2.98. The van der Waals surface area contributed by atoms with E-state index in [1.54, 1.807) is 11.3 Å². The van der Waals surface area contributed by atoms with E-state index < -0.39 is 0 Å². The van der Waals surface area contributed by atoms with Gasteiger partial charge in [0.25, 0.3) is 0 Å². The van der Waals surface area contributed by atoms with Crippen LogP contribution in [0.15, 0.2) is 17.5 Å². The Bertz CT molecular complexity index is 280. The van der Waals surface area contributed by atoms with Gasteiger partial charge in [-0.25, -0.2) is 0 Å². The Morgan fingerprint density at radius 2 is 2.19 bits per heavy atom. The molecule has 1 rings (SSSR count). The number of aliphatic hydroxyl groups is 1. The molecule has 0 bridgehead atoms. The van der Waals surface area contributed by atoms with Crippen LogP contribution in [0, 0.1) is 5.41 Å². The summed E-state index contributed by atoms with van der Waals surface area (Å²) in [6.07, 6.45) is 1.02. The quantitative estimate of drug-likeness (QED) is 0.793. The zero-order chi connectivity index (χ0) is 12.0. The van der Waals surface area contributed by atoms with Crippen LogP contribution in [0.3, 0.4) is 0 Å². The van der Waals surface area contributed by atoms with E-state index >= 15 is 0 Å². The summed E-state index contributed by atoms with van der Waals surface area (Å²) < 4.78 is 0. The first-order valence-electron chi connectivity index (χ1n) is 5.99. The second-order valence-electron chi connectivity index (χ2n) is 4.70. The minimum absolute atomic E-state index is 0.0350. The molecular formula is C13H23NOS. The number of rotatable bonds is 7. The Kier molecular flexibility index (Phi) is 5.46. The number of hydrogen-bond acceptors (Lipinski definition) is 3. The third kappa shape index (κ3) is 3.89. The van der Waals surface area contributed by atoms with E-state index in [2.05, 4.69) is 43.2 Å². The van der Waals surface area contributed by atoms with E-state index in [1.807, 2.05) is 0 Å². The number of aliphatic hydroxyl groups excluding tert-OH is 1. The molecule has 2 nitrogen and oxygen atoms in total. The van der Waals surface area contributed by atoms with Crippen molar-refractivity contribution in [3.63, 3.8) is 0 Å². The van der Waals surface area contributed by atoms with Crippen LogP contribution in [0.1, 0.15) is 32.1 Å². The normalized spacial score (nSPS) is 15.3. The second kappa shape index (κ2) is 6.38. The van der Waals surface area contributed by atoms with Crippen molar-refractivity contribution < 1.29 is 5.11 Å². The molecule has 0 saturated carbocycles. The largest absolute Gasteiger partial charge is 0.396 e. The van der Waals surface area contributed by atoms with Crippen LogP contribution in [-0.4, -0.2) is 29.7 Å². The molecule has 1 aromatic heterocycles. The van der Waals surface area contributed by atoms with Gasteiger partial charge in [0.15, 0.2) is 0 Å². The van der Waals surface area contributed by atoms with Crippen molar-refractivity contribution in [3.8, 4) is 0 Å². The highest BCUT2D eigenvalue weighted by Gasteiger charge is 2.23. The highest BCUT2D eigenvalue weighted by molar-refractivity contribution is 7.09. The van der Waals surface area contributed by atoms with E-state index in [4.69, 9.17) is 0 Å². The van der Waals surface area contributed by atoms with Gasteiger partial charge in [-0.15, -0.1) is 11.3 Å². The molecule has 0 aromatic carbocycles. The van der Waals surface area contributed by atoms with E-state index in [-0.39, 0.29) is 12.0 Å². The van der Waals surface area contributed by atoms with Crippen molar-refractivity contribution in [3.05, 3.63) is 22.4 Å². The van der Waals surface area contributed by atoms with Crippen LogP contribution in [0.5, 0.6) is 0 Å². The lowest BCUT2D eigenvalue weighted by Crippen LogP contribution is -2.37. The van der Waals surface area contributed by atoms with Crippen LogP contribution in [0.4, 0.5) is 0 Å². The monoisotopic (exact) mass is 241 g/mol. The summed E-state index contributed by atoms with van der Waals surface area (Å²) in [5.41, 5.74) is 0.0350. The molecule has 92 valence electrons. The van der Waals surface area contributed by atoms with Crippen molar-refractivity contribution in [1.82, 2.24) is 4.90 Å². The second-order valence-corrected chi connectivity index (χ2v) is 5.74. The average molecular weight is 241 g/mol. The minimum Gasteiger partial charge on any atom is -0.396 e. The van der Waals surface area contributed by atoms with Gasteiger partial charge in [-0.1, -0.05) is 26.8 Å². The fourth-order valence-electron chi connectivity index (χ4n) is 1.72. The molecule has 1 N–H and O–H groups in total. The summed E-state index contributed by atoms with van der Waals surface area (Å²) in [6, 6.07) is 4.27. The van der Waals surface area contributed by atoms with Gasteiger partial charge in [-0.05, 0) is 24.4 Å².